The van der Waals surface area contributed by atoms with Gasteiger partial charge in [0.15, 0.2) is 11.1 Å². The smallest absolute Gasteiger partial charge is 0.191 e. The molecule has 1 aliphatic heterocycles. The third-order valence-corrected chi connectivity index (χ3v) is 7.10. The quantitative estimate of drug-likeness (QED) is 0.315. The van der Waals surface area contributed by atoms with Gasteiger partial charge in [0.05, 0.1) is 5.69 Å². The highest BCUT2D eigenvalue weighted by Crippen LogP contribution is 2.32. The first-order valence-electron chi connectivity index (χ1n) is 11.0. The fraction of sp³-hybridized carbons (Fsp3) is 0.565. The van der Waals surface area contributed by atoms with E-state index in [1.54, 1.807) is 11.3 Å². The Morgan fingerprint density at radius 3 is 2.57 bits per heavy atom. The van der Waals surface area contributed by atoms with E-state index in [0.717, 1.165) is 32.0 Å². The van der Waals surface area contributed by atoms with E-state index >= 15 is 0 Å². The van der Waals surface area contributed by atoms with E-state index in [1.807, 2.05) is 7.05 Å². The molecule has 30 heavy (non-hydrogen) atoms. The number of nitrogens with zero attached hydrogens (tertiary/aromatic N) is 3. The number of guanidine groups is 1. The molecule has 164 valence electrons. The summed E-state index contributed by atoms with van der Waals surface area (Å²) in [5.41, 5.74) is 2.67. The minimum Gasteiger partial charge on any atom is -0.356 e. The van der Waals surface area contributed by atoms with Crippen LogP contribution in [0.4, 0.5) is 5.13 Å². The van der Waals surface area contributed by atoms with Crippen LogP contribution in [0.15, 0.2) is 40.7 Å². The summed E-state index contributed by atoms with van der Waals surface area (Å²) < 4.78 is 0. The highest BCUT2D eigenvalue weighted by molar-refractivity contribution is 14.0. The Hall–Kier alpha value is -1.35. The summed E-state index contributed by atoms with van der Waals surface area (Å²) in [6.07, 6.45) is 8.42. The first-order chi connectivity index (χ1) is 14.3. The average molecular weight is 540 g/mol. The standard InChI is InChI=1S/C23H33N5S.HI/c1-24-22(25-14-13-21-17-29-23(27-21)28-15-5-6-16-28)26-20-11-9-19(10-12-20)18-7-3-2-4-8-18;/h2-4,7-8,17,19-20H,5-6,9-16H2,1H3,(H2,24,25,26);1H. The van der Waals surface area contributed by atoms with Gasteiger partial charge in [-0.3, -0.25) is 4.99 Å². The fourth-order valence-corrected chi connectivity index (χ4v) is 5.37. The molecule has 0 atom stereocenters. The molecule has 2 fully saturated rings. The van der Waals surface area contributed by atoms with E-state index < -0.39 is 0 Å². The second kappa shape index (κ2) is 11.9. The molecular formula is C23H34IN5S. The summed E-state index contributed by atoms with van der Waals surface area (Å²) in [4.78, 5) is 11.6. The molecule has 2 aromatic rings. The largest absolute Gasteiger partial charge is 0.356 e. The summed E-state index contributed by atoms with van der Waals surface area (Å²) in [5, 5.41) is 10.5. The zero-order chi connectivity index (χ0) is 19.9. The molecular weight excluding hydrogens is 505 g/mol. The lowest BCUT2D eigenvalue weighted by Gasteiger charge is -2.30. The van der Waals surface area contributed by atoms with Crippen LogP contribution in [-0.2, 0) is 6.42 Å². The second-order valence-corrected chi connectivity index (χ2v) is 9.00. The number of hydrogen-bond donors (Lipinski definition) is 2. The highest BCUT2D eigenvalue weighted by Gasteiger charge is 2.23. The van der Waals surface area contributed by atoms with Crippen LogP contribution >= 0.6 is 35.3 Å². The summed E-state index contributed by atoms with van der Waals surface area (Å²) >= 11 is 1.78. The van der Waals surface area contributed by atoms with E-state index in [0.29, 0.717) is 12.0 Å². The minimum atomic E-state index is 0. The Balaban J connectivity index is 0.00000256. The van der Waals surface area contributed by atoms with Crippen LogP contribution in [0.1, 0.15) is 55.7 Å². The number of hydrogen-bond acceptors (Lipinski definition) is 4. The minimum absolute atomic E-state index is 0. The Morgan fingerprint density at radius 1 is 1.13 bits per heavy atom. The van der Waals surface area contributed by atoms with Crippen LogP contribution in [0, 0.1) is 0 Å². The molecule has 1 saturated heterocycles. The molecule has 2 N–H and O–H groups in total. The SMILES string of the molecule is CN=C(NCCc1csc(N2CCCC2)n1)NC1CCC(c2ccccc2)CC1.I. The van der Waals surface area contributed by atoms with Gasteiger partial charge in [-0.05, 0) is 50.0 Å². The molecule has 2 aliphatic rings. The van der Waals surface area contributed by atoms with Crippen molar-refractivity contribution in [1.82, 2.24) is 15.6 Å². The van der Waals surface area contributed by atoms with Crippen LogP contribution < -0.4 is 15.5 Å². The normalized spacial score (nSPS) is 21.9. The maximum Gasteiger partial charge on any atom is 0.191 e. The van der Waals surface area contributed by atoms with Crippen molar-refractivity contribution < 1.29 is 0 Å². The lowest BCUT2D eigenvalue weighted by molar-refractivity contribution is 0.371. The van der Waals surface area contributed by atoms with Gasteiger partial charge in [0.25, 0.3) is 0 Å². The molecule has 0 spiro atoms. The zero-order valence-corrected chi connectivity index (χ0v) is 21.0. The molecule has 2 heterocycles. The third kappa shape index (κ3) is 6.33. The summed E-state index contributed by atoms with van der Waals surface area (Å²) in [6, 6.07) is 11.5. The van der Waals surface area contributed by atoms with Crippen molar-refractivity contribution in [2.45, 2.75) is 56.9 Å². The first kappa shape index (κ1) is 23.3. The number of halogens is 1. The van der Waals surface area contributed by atoms with Gasteiger partial charge in [-0.2, -0.15) is 0 Å². The van der Waals surface area contributed by atoms with Crippen molar-refractivity contribution in [3.8, 4) is 0 Å². The number of benzene rings is 1. The van der Waals surface area contributed by atoms with Crippen LogP contribution in [0.3, 0.4) is 0 Å². The van der Waals surface area contributed by atoms with Crippen LogP contribution in [0.2, 0.25) is 0 Å². The number of nitrogens with one attached hydrogen (secondary N) is 2. The van der Waals surface area contributed by atoms with Crippen LogP contribution in [0.5, 0.6) is 0 Å². The Bertz CT molecular complexity index is 780. The first-order valence-corrected chi connectivity index (χ1v) is 11.9. The number of anilines is 1. The van der Waals surface area contributed by atoms with Crippen molar-refractivity contribution >= 4 is 46.4 Å². The van der Waals surface area contributed by atoms with E-state index in [1.165, 1.54) is 54.9 Å². The second-order valence-electron chi connectivity index (χ2n) is 8.17. The number of thiazole rings is 1. The number of rotatable bonds is 6. The Labute approximate surface area is 201 Å². The van der Waals surface area contributed by atoms with Gasteiger partial charge in [0, 0.05) is 44.5 Å². The van der Waals surface area contributed by atoms with Gasteiger partial charge >= 0.3 is 0 Å². The van der Waals surface area contributed by atoms with Gasteiger partial charge in [-0.15, -0.1) is 35.3 Å². The predicted molar refractivity (Wildman–Crippen MR) is 139 cm³/mol. The number of aromatic nitrogens is 1. The molecule has 1 aromatic carbocycles. The van der Waals surface area contributed by atoms with E-state index in [4.69, 9.17) is 4.98 Å². The van der Waals surface area contributed by atoms with Crippen molar-refractivity contribution in [1.29, 1.82) is 0 Å². The molecule has 0 unspecified atom stereocenters. The topological polar surface area (TPSA) is 52.6 Å². The monoisotopic (exact) mass is 539 g/mol. The molecule has 1 saturated carbocycles. The van der Waals surface area contributed by atoms with Crippen molar-refractivity contribution in [3.63, 3.8) is 0 Å². The third-order valence-electron chi connectivity index (χ3n) is 6.15. The van der Waals surface area contributed by atoms with E-state index in [-0.39, 0.29) is 24.0 Å². The van der Waals surface area contributed by atoms with Crippen molar-refractivity contribution in [2.75, 3.05) is 31.6 Å². The molecule has 0 amide bonds. The van der Waals surface area contributed by atoms with Gasteiger partial charge in [-0.1, -0.05) is 30.3 Å². The van der Waals surface area contributed by atoms with Gasteiger partial charge in [-0.25, -0.2) is 4.98 Å². The summed E-state index contributed by atoms with van der Waals surface area (Å²) in [6.45, 7) is 3.19. The zero-order valence-electron chi connectivity index (χ0n) is 17.8. The average Bonchev–Trinajstić information content (AvgIpc) is 3.46. The van der Waals surface area contributed by atoms with Gasteiger partial charge in [0.1, 0.15) is 0 Å². The fourth-order valence-electron chi connectivity index (χ4n) is 4.46. The molecule has 5 nitrogen and oxygen atoms in total. The molecule has 4 rings (SSSR count). The predicted octanol–water partition coefficient (Wildman–Crippen LogP) is 4.80. The molecule has 0 bridgehead atoms. The molecule has 0 radical (unpaired) electrons. The number of aliphatic imine (C=N–C) groups is 1. The van der Waals surface area contributed by atoms with Crippen LogP contribution in [0.25, 0.3) is 0 Å². The summed E-state index contributed by atoms with van der Waals surface area (Å²) in [7, 11) is 1.86. The highest BCUT2D eigenvalue weighted by atomic mass is 127. The van der Waals surface area contributed by atoms with Crippen molar-refractivity contribution in [2.24, 2.45) is 4.99 Å². The maximum absolute atomic E-state index is 4.81. The van der Waals surface area contributed by atoms with E-state index in [9.17, 15) is 0 Å². The Morgan fingerprint density at radius 2 is 1.87 bits per heavy atom. The summed E-state index contributed by atoms with van der Waals surface area (Å²) in [5.74, 6) is 1.63. The molecule has 7 heteroatoms. The Kier molecular flexibility index (Phi) is 9.24. The van der Waals surface area contributed by atoms with E-state index in [2.05, 4.69) is 56.2 Å². The lowest BCUT2D eigenvalue weighted by Crippen LogP contribution is -2.45. The molecule has 1 aromatic heterocycles. The maximum atomic E-state index is 4.81. The van der Waals surface area contributed by atoms with Crippen molar-refractivity contribution in [3.05, 3.63) is 47.0 Å². The molecule has 1 aliphatic carbocycles. The van der Waals surface area contributed by atoms with Gasteiger partial charge < -0.3 is 15.5 Å². The lowest BCUT2D eigenvalue weighted by atomic mass is 9.82. The van der Waals surface area contributed by atoms with Gasteiger partial charge in [0.2, 0.25) is 0 Å². The van der Waals surface area contributed by atoms with Crippen LogP contribution in [-0.4, -0.2) is 43.7 Å².